The molecule has 0 atom stereocenters. The van der Waals surface area contributed by atoms with Gasteiger partial charge in [-0.05, 0) is 176 Å². The second kappa shape index (κ2) is 32.0. The maximum atomic E-state index is 14.1. The van der Waals surface area contributed by atoms with Gasteiger partial charge >= 0.3 is 21.1 Å². The standard InChI is InChI=1S/C15H21BFNO3.C13H11ClFN3O.C12H24B2O4.C9H9BrFNO.C4H2Cl2N2.B5/c1-6-18-13(19)11-8-7-10(9-12(11)17)16-20-14(2,3)15(4,5)21-16;1-2-16-13(19)9-4-3-8(7-10(9)15)11-5-6-12(14)18-17-11;1-9(2)10(3,4)16-13(15-9)14-17-11(5,6)12(7,8)18-14;1-2-12-9(13)7-4-3-6(10)5-8(7)11;5-3-1-2-4(6)8-7-3;1-4-5(2)3/h7-9H,6H2,1-5H3,(H,18,19);3-7H,2H2,1H3,(H,16,19);1-8H3;3-5H,2H2,1H3,(H,12,13);1-2H;. The smallest absolute Gasteiger partial charge is 0.405 e. The maximum Gasteiger partial charge on any atom is 0.494 e. The van der Waals surface area contributed by atoms with E-state index in [4.69, 9.17) is 85.9 Å². The van der Waals surface area contributed by atoms with Gasteiger partial charge in [0.05, 0.1) is 56.0 Å². The highest BCUT2D eigenvalue weighted by Gasteiger charge is 2.63. The van der Waals surface area contributed by atoms with E-state index in [0.29, 0.717) is 51.1 Å². The Bertz CT molecular complexity index is 2890. The zero-order valence-corrected chi connectivity index (χ0v) is 53.7. The van der Waals surface area contributed by atoms with Crippen LogP contribution in [0.15, 0.2) is 83.3 Å². The molecule has 0 saturated carbocycles. The zero-order valence-electron chi connectivity index (χ0n) is 49.9. The van der Waals surface area contributed by atoms with E-state index in [1.807, 2.05) is 83.1 Å². The van der Waals surface area contributed by atoms with Gasteiger partial charge < -0.3 is 43.9 Å². The molecule has 3 aromatic carbocycles. The van der Waals surface area contributed by atoms with Crippen molar-refractivity contribution in [2.75, 3.05) is 19.6 Å². The van der Waals surface area contributed by atoms with Crippen molar-refractivity contribution < 1.29 is 55.5 Å². The molecule has 8 rings (SSSR count). The molecule has 2 aromatic heterocycles. The topological polar surface area (TPSA) is 194 Å². The third-order valence-electron chi connectivity index (χ3n) is 13.7. The van der Waals surface area contributed by atoms with E-state index in [1.165, 1.54) is 43.5 Å². The Labute approximate surface area is 521 Å². The first kappa shape index (κ1) is 73.9. The van der Waals surface area contributed by atoms with E-state index in [1.54, 1.807) is 63.2 Å². The molecule has 0 unspecified atom stereocenters. The molecule has 3 fully saturated rings. The van der Waals surface area contributed by atoms with Gasteiger partial charge in [0.2, 0.25) is 0 Å². The van der Waals surface area contributed by atoms with E-state index in [0.717, 1.165) is 0 Å². The van der Waals surface area contributed by atoms with Crippen molar-refractivity contribution in [3.63, 3.8) is 0 Å². The van der Waals surface area contributed by atoms with Crippen LogP contribution in [0.2, 0.25) is 15.5 Å². The van der Waals surface area contributed by atoms with E-state index in [9.17, 15) is 27.6 Å². The summed E-state index contributed by atoms with van der Waals surface area (Å²) in [5, 5.41) is 23.1. The lowest BCUT2D eigenvalue weighted by molar-refractivity contribution is 0.00578. The number of nitrogens with one attached hydrogen (secondary N) is 3. The third-order valence-corrected chi connectivity index (χ3v) is 14.8. The summed E-state index contributed by atoms with van der Waals surface area (Å²) in [7, 11) is 14.2. The number of hydrogen-bond donors (Lipinski definition) is 3. The van der Waals surface area contributed by atoms with Crippen LogP contribution in [0.3, 0.4) is 0 Å². The molecule has 84 heavy (non-hydrogen) atoms. The van der Waals surface area contributed by atoms with Crippen molar-refractivity contribution in [2.45, 2.75) is 137 Å². The molecule has 3 N–H and O–H groups in total. The second-order valence-corrected chi connectivity index (χ2v) is 23.7. The molecule has 16 nitrogen and oxygen atoms in total. The van der Waals surface area contributed by atoms with Gasteiger partial charge in [0.15, 0.2) is 15.5 Å². The van der Waals surface area contributed by atoms with Crippen LogP contribution in [0.1, 0.15) is 135 Å². The van der Waals surface area contributed by atoms with Gasteiger partial charge in [0, 0.05) is 66.3 Å². The Morgan fingerprint density at radius 1 is 0.524 bits per heavy atom. The first-order chi connectivity index (χ1) is 38.9. The molecule has 5 heterocycles. The van der Waals surface area contributed by atoms with Crippen LogP contribution >= 0.6 is 50.7 Å². The number of amides is 3. The number of nitrogens with zero attached hydrogens (tertiary/aromatic N) is 4. The van der Waals surface area contributed by atoms with Crippen LogP contribution in [-0.2, 0) is 27.9 Å². The minimum atomic E-state index is -0.632. The fraction of sp³-hybridized carbons (Fsp3) is 0.453. The van der Waals surface area contributed by atoms with Gasteiger partial charge in [-0.2, -0.15) is 0 Å². The molecule has 441 valence electrons. The lowest BCUT2D eigenvalue weighted by Crippen LogP contribution is -2.41. The lowest BCUT2D eigenvalue weighted by atomic mass is 8.97. The maximum absolute atomic E-state index is 14.1. The summed E-state index contributed by atoms with van der Waals surface area (Å²) in [6, 6.07) is 19.4. The molecule has 7 radical (unpaired) electrons. The number of aromatic nitrogens is 4. The summed E-state index contributed by atoms with van der Waals surface area (Å²) in [5.74, 6) is -2.93. The summed E-state index contributed by atoms with van der Waals surface area (Å²) in [4.78, 5) is 34.5. The molecule has 0 aliphatic carbocycles. The molecule has 5 aromatic rings. The summed E-state index contributed by atoms with van der Waals surface area (Å²) >= 11 is 19.5. The SMILES string of the molecule is CC1(C)OB(B2OC(C)(C)C(C)(C)O2)OC1(C)C.CCNC(=O)c1ccc(-c2ccc(Cl)nn2)cc1F.CCNC(=O)c1ccc(B2OC(C)(C)C(C)(C)O2)cc1F.CCNC(=O)c1ccc(Br)cc1F.Clc1ccc(Cl)nn1.[B][B]B([B])[B]. The predicted octanol–water partition coefficient (Wildman–Crippen LogP) is 9.03. The normalized spacial score (nSPS) is 16.9. The van der Waals surface area contributed by atoms with Gasteiger partial charge in [0.1, 0.15) is 17.5 Å². The molecular formula is C53H67B8BrCl3F3N7O9. The largest absolute Gasteiger partial charge is 0.494 e. The van der Waals surface area contributed by atoms with Crippen LogP contribution in [0.4, 0.5) is 13.2 Å². The van der Waals surface area contributed by atoms with Gasteiger partial charge in [-0.25, -0.2) is 13.2 Å². The molecule has 0 bridgehead atoms. The Kier molecular flexibility index (Phi) is 28.2. The van der Waals surface area contributed by atoms with Crippen molar-refractivity contribution in [2.24, 2.45) is 0 Å². The molecule has 3 aliphatic heterocycles. The van der Waals surface area contributed by atoms with Crippen LogP contribution in [0.5, 0.6) is 0 Å². The summed E-state index contributed by atoms with van der Waals surface area (Å²) < 4.78 is 77.3. The number of halogens is 7. The van der Waals surface area contributed by atoms with E-state index in [2.05, 4.69) is 52.3 Å². The van der Waals surface area contributed by atoms with E-state index in [-0.39, 0.29) is 50.2 Å². The highest BCUT2D eigenvalue weighted by atomic mass is 79.9. The van der Waals surface area contributed by atoms with Crippen molar-refractivity contribution in [3.8, 4) is 11.3 Å². The number of carbonyl (C=O) groups excluding carboxylic acids is 3. The van der Waals surface area contributed by atoms with Crippen molar-refractivity contribution >= 4 is 132 Å². The average molecular weight is 1280 g/mol. The van der Waals surface area contributed by atoms with E-state index >= 15 is 0 Å². The van der Waals surface area contributed by atoms with Crippen LogP contribution < -0.4 is 21.4 Å². The Balaban J connectivity index is 0.000000276. The Morgan fingerprint density at radius 3 is 1.15 bits per heavy atom. The monoisotopic (exact) mass is 1270 g/mol. The number of carbonyl (C=O) groups is 3. The van der Waals surface area contributed by atoms with Crippen molar-refractivity contribution in [1.29, 1.82) is 0 Å². The summed E-state index contributed by atoms with van der Waals surface area (Å²) in [6.07, 6.45) is -0.463. The van der Waals surface area contributed by atoms with Gasteiger partial charge in [0.25, 0.3) is 17.7 Å². The zero-order chi connectivity index (χ0) is 63.8. The molecule has 0 spiro atoms. The first-order valence-electron chi connectivity index (χ1n) is 26.5. The highest BCUT2D eigenvalue weighted by molar-refractivity contribution is 9.10. The molecular weight excluding hydrogens is 1210 g/mol. The van der Waals surface area contributed by atoms with Crippen molar-refractivity contribution in [1.82, 2.24) is 36.3 Å². The van der Waals surface area contributed by atoms with Crippen LogP contribution in [-0.4, -0.2) is 149 Å². The minimum absolute atomic E-state index is 0.00697. The number of benzene rings is 3. The van der Waals surface area contributed by atoms with E-state index < -0.39 is 68.0 Å². The minimum Gasteiger partial charge on any atom is -0.405 e. The fourth-order valence-corrected chi connectivity index (χ4v) is 7.55. The molecule has 3 aliphatic rings. The van der Waals surface area contributed by atoms with Gasteiger partial charge in [-0.1, -0.05) is 62.9 Å². The Hall–Kier alpha value is -4.35. The highest BCUT2D eigenvalue weighted by Crippen LogP contribution is 2.43. The van der Waals surface area contributed by atoms with Crippen LogP contribution in [0, 0.1) is 17.5 Å². The lowest BCUT2D eigenvalue weighted by Gasteiger charge is -2.32. The predicted molar refractivity (Wildman–Crippen MR) is 336 cm³/mol. The second-order valence-electron chi connectivity index (χ2n) is 21.7. The molecule has 3 saturated heterocycles. The number of hydrogen-bond acceptors (Lipinski definition) is 13. The first-order valence-corrected chi connectivity index (χ1v) is 28.5. The third kappa shape index (κ3) is 21.2. The van der Waals surface area contributed by atoms with Gasteiger partial charge in [-0.15, -0.1) is 20.4 Å². The van der Waals surface area contributed by atoms with Gasteiger partial charge in [-0.3, -0.25) is 14.4 Å². The van der Waals surface area contributed by atoms with Crippen molar-refractivity contribution in [3.05, 3.63) is 133 Å². The molecule has 31 heteroatoms. The quantitative estimate of drug-likeness (QED) is 0.112. The van der Waals surface area contributed by atoms with Crippen LogP contribution in [0.25, 0.3) is 11.3 Å². The summed E-state index contributed by atoms with van der Waals surface area (Å²) in [5.41, 5.74) is -0.696. The Morgan fingerprint density at radius 2 is 0.845 bits per heavy atom. The fourth-order valence-electron chi connectivity index (χ4n) is 6.91. The number of rotatable bonds is 10. The average Bonchev–Trinajstić information content (AvgIpc) is 2.62. The summed E-state index contributed by atoms with van der Waals surface area (Å²) in [6.45, 7) is 30.7. The molecule has 3 amide bonds.